The monoisotopic (exact) mass is 301 g/mol. The first-order valence-electron chi connectivity index (χ1n) is 3.52. The molecule has 0 aliphatic carbocycles. The van der Waals surface area contributed by atoms with Gasteiger partial charge in [-0.3, -0.25) is 10.5 Å². The van der Waals surface area contributed by atoms with E-state index in [9.17, 15) is 9.59 Å². The molecule has 0 radical (unpaired) electrons. The number of ether oxygens (including phenoxy) is 2. The van der Waals surface area contributed by atoms with Gasteiger partial charge in [0.25, 0.3) is 5.78 Å². The van der Waals surface area contributed by atoms with Crippen LogP contribution in [0.25, 0.3) is 0 Å². The van der Waals surface area contributed by atoms with Gasteiger partial charge >= 0.3 is 5.97 Å². The lowest BCUT2D eigenvalue weighted by Gasteiger charge is -2.21. The Labute approximate surface area is 90.1 Å². The molecule has 1 atom stereocenters. The average Bonchev–Trinajstić information content (AvgIpc) is 1.98. The molecule has 6 heteroatoms. The smallest absolute Gasteiger partial charge is 0.378 e. The number of ketones is 1. The van der Waals surface area contributed by atoms with E-state index in [1.807, 2.05) is 22.6 Å². The number of methoxy groups -OCH3 is 1. The van der Waals surface area contributed by atoms with Crippen LogP contribution in [0, 0.1) is 0 Å². The standard InChI is InChI=1S/C7H12INO4/c1-7(2,8)13-5(9)4(10)6(11)12-3/h5H,9H2,1-3H3. The Morgan fingerprint density at radius 1 is 1.46 bits per heavy atom. The molecule has 76 valence electrons. The number of hydrogen-bond donors (Lipinski definition) is 1. The van der Waals surface area contributed by atoms with Gasteiger partial charge in [0.1, 0.15) is 3.61 Å². The molecule has 0 amide bonds. The molecule has 0 heterocycles. The fourth-order valence-corrected chi connectivity index (χ4v) is 0.846. The van der Waals surface area contributed by atoms with Crippen LogP contribution in [0.4, 0.5) is 0 Å². The molecule has 0 fully saturated rings. The molecule has 13 heavy (non-hydrogen) atoms. The van der Waals surface area contributed by atoms with Crippen LogP contribution in [-0.2, 0) is 19.1 Å². The third kappa shape index (κ3) is 5.17. The fraction of sp³-hybridized carbons (Fsp3) is 0.714. The van der Waals surface area contributed by atoms with E-state index < -0.39 is 21.6 Å². The minimum atomic E-state index is -1.26. The Morgan fingerprint density at radius 2 is 1.92 bits per heavy atom. The number of hydrogen-bond acceptors (Lipinski definition) is 5. The summed E-state index contributed by atoms with van der Waals surface area (Å²) in [7, 11) is 1.11. The van der Waals surface area contributed by atoms with Gasteiger partial charge in [0, 0.05) is 0 Å². The van der Waals surface area contributed by atoms with Gasteiger partial charge in [-0.1, -0.05) is 0 Å². The summed E-state index contributed by atoms with van der Waals surface area (Å²) in [5, 5.41) is 0. The minimum absolute atomic E-state index is 0.596. The third-order valence-corrected chi connectivity index (χ3v) is 1.31. The van der Waals surface area contributed by atoms with Crippen LogP contribution in [-0.4, -0.2) is 28.7 Å². The van der Waals surface area contributed by atoms with Crippen LogP contribution in [0.15, 0.2) is 0 Å². The molecular formula is C7H12INO4. The van der Waals surface area contributed by atoms with E-state index >= 15 is 0 Å². The summed E-state index contributed by atoms with van der Waals surface area (Å²) in [6.07, 6.45) is -1.26. The summed E-state index contributed by atoms with van der Waals surface area (Å²) >= 11 is 1.95. The average molecular weight is 301 g/mol. The number of halogens is 1. The lowest BCUT2D eigenvalue weighted by Crippen LogP contribution is -2.42. The largest absolute Gasteiger partial charge is 0.463 e. The second kappa shape index (κ2) is 4.87. The van der Waals surface area contributed by atoms with Crippen LogP contribution < -0.4 is 5.73 Å². The van der Waals surface area contributed by atoms with Crippen molar-refractivity contribution in [2.75, 3.05) is 7.11 Å². The molecule has 0 saturated heterocycles. The number of rotatable bonds is 4. The maximum Gasteiger partial charge on any atom is 0.378 e. The van der Waals surface area contributed by atoms with Gasteiger partial charge in [0.2, 0.25) is 0 Å². The van der Waals surface area contributed by atoms with E-state index in [1.54, 1.807) is 13.8 Å². The number of carbonyl (C=O) groups is 2. The van der Waals surface area contributed by atoms with E-state index in [0.717, 1.165) is 7.11 Å². The van der Waals surface area contributed by atoms with Crippen molar-refractivity contribution in [3.05, 3.63) is 0 Å². The molecule has 0 aromatic carbocycles. The van der Waals surface area contributed by atoms with Gasteiger partial charge in [0.15, 0.2) is 6.23 Å². The van der Waals surface area contributed by atoms with Crippen LogP contribution in [0.1, 0.15) is 13.8 Å². The molecule has 0 spiro atoms. The molecule has 0 aliphatic rings. The second-order valence-corrected chi connectivity index (χ2v) is 5.36. The summed E-state index contributed by atoms with van der Waals surface area (Å²) in [5.74, 6) is -1.87. The van der Waals surface area contributed by atoms with Crippen molar-refractivity contribution < 1.29 is 19.1 Å². The van der Waals surface area contributed by atoms with Crippen molar-refractivity contribution >= 4 is 34.3 Å². The highest BCUT2D eigenvalue weighted by molar-refractivity contribution is 14.1. The van der Waals surface area contributed by atoms with Gasteiger partial charge in [-0.2, -0.15) is 0 Å². The topological polar surface area (TPSA) is 78.6 Å². The fourth-order valence-electron chi connectivity index (χ4n) is 0.572. The molecule has 2 N–H and O–H groups in total. The Balaban J connectivity index is 4.20. The molecule has 5 nitrogen and oxygen atoms in total. The SMILES string of the molecule is COC(=O)C(=O)C(N)OC(C)(C)I. The van der Waals surface area contributed by atoms with Crippen molar-refractivity contribution in [2.24, 2.45) is 5.73 Å². The minimum Gasteiger partial charge on any atom is -0.463 e. The summed E-state index contributed by atoms with van der Waals surface area (Å²) < 4.78 is 8.64. The summed E-state index contributed by atoms with van der Waals surface area (Å²) in [6.45, 7) is 3.44. The summed E-state index contributed by atoms with van der Waals surface area (Å²) in [6, 6.07) is 0. The molecule has 0 saturated carbocycles. The zero-order valence-corrected chi connectivity index (χ0v) is 9.82. The van der Waals surface area contributed by atoms with E-state index in [2.05, 4.69) is 4.74 Å². The van der Waals surface area contributed by atoms with Crippen molar-refractivity contribution in [1.29, 1.82) is 0 Å². The van der Waals surface area contributed by atoms with E-state index in [0.29, 0.717) is 0 Å². The quantitative estimate of drug-likeness (QED) is 0.264. The lowest BCUT2D eigenvalue weighted by atomic mass is 10.3. The van der Waals surface area contributed by atoms with Crippen molar-refractivity contribution in [3.8, 4) is 0 Å². The zero-order chi connectivity index (χ0) is 10.6. The van der Waals surface area contributed by atoms with Crippen LogP contribution in [0.5, 0.6) is 0 Å². The summed E-state index contributed by atoms with van der Waals surface area (Å²) in [5.41, 5.74) is 5.30. The van der Waals surface area contributed by atoms with Crippen molar-refractivity contribution in [2.45, 2.75) is 23.7 Å². The predicted molar refractivity (Wildman–Crippen MR) is 54.2 cm³/mol. The molecular weight excluding hydrogens is 289 g/mol. The Morgan fingerprint density at radius 3 is 2.23 bits per heavy atom. The number of esters is 1. The van der Waals surface area contributed by atoms with Gasteiger partial charge in [-0.25, -0.2) is 4.79 Å². The van der Waals surface area contributed by atoms with Crippen LogP contribution in [0.2, 0.25) is 0 Å². The Kier molecular flexibility index (Phi) is 4.79. The van der Waals surface area contributed by atoms with E-state index in [4.69, 9.17) is 10.5 Å². The number of Topliss-reactive ketones (excluding diaryl/α,β-unsaturated/α-hetero) is 1. The summed E-state index contributed by atoms with van der Waals surface area (Å²) in [4.78, 5) is 21.7. The lowest BCUT2D eigenvalue weighted by molar-refractivity contribution is -0.158. The van der Waals surface area contributed by atoms with Crippen molar-refractivity contribution in [3.63, 3.8) is 0 Å². The Hall–Kier alpha value is -0.210. The highest BCUT2D eigenvalue weighted by Gasteiger charge is 2.28. The maximum atomic E-state index is 11.0. The Bertz CT molecular complexity index is 211. The highest BCUT2D eigenvalue weighted by atomic mass is 127. The maximum absolute atomic E-state index is 11.0. The first kappa shape index (κ1) is 12.8. The van der Waals surface area contributed by atoms with Gasteiger partial charge in [-0.05, 0) is 36.4 Å². The van der Waals surface area contributed by atoms with E-state index in [-0.39, 0.29) is 0 Å². The van der Waals surface area contributed by atoms with Crippen molar-refractivity contribution in [1.82, 2.24) is 0 Å². The van der Waals surface area contributed by atoms with E-state index in [1.165, 1.54) is 0 Å². The first-order chi connectivity index (χ1) is 5.78. The molecule has 0 aliphatic heterocycles. The highest BCUT2D eigenvalue weighted by Crippen LogP contribution is 2.19. The molecule has 0 rings (SSSR count). The first-order valence-corrected chi connectivity index (χ1v) is 4.60. The molecule has 0 aromatic heterocycles. The van der Waals surface area contributed by atoms with Gasteiger partial charge in [-0.15, -0.1) is 0 Å². The number of carbonyl (C=O) groups excluding carboxylic acids is 2. The molecule has 0 bridgehead atoms. The number of nitrogens with two attached hydrogens (primary N) is 1. The van der Waals surface area contributed by atoms with Gasteiger partial charge in [0.05, 0.1) is 7.11 Å². The second-order valence-electron chi connectivity index (χ2n) is 2.76. The van der Waals surface area contributed by atoms with Crippen LogP contribution >= 0.6 is 22.6 Å². The normalized spacial score (nSPS) is 13.6. The third-order valence-electron chi connectivity index (χ3n) is 1.05. The van der Waals surface area contributed by atoms with Crippen LogP contribution in [0.3, 0.4) is 0 Å². The zero-order valence-electron chi connectivity index (χ0n) is 7.67. The number of alkyl halides is 1. The molecule has 0 aromatic rings. The molecule has 1 unspecified atom stereocenters. The van der Waals surface area contributed by atoms with Gasteiger partial charge < -0.3 is 9.47 Å². The predicted octanol–water partition coefficient (Wildman–Crippen LogP) is 0.201.